The molecule has 0 aliphatic heterocycles. The van der Waals surface area contributed by atoms with Crippen molar-refractivity contribution in [1.82, 2.24) is 10.7 Å². The summed E-state index contributed by atoms with van der Waals surface area (Å²) in [5.41, 5.74) is 2.99. The lowest BCUT2D eigenvalue weighted by molar-refractivity contribution is -0.120. The third kappa shape index (κ3) is 5.75. The summed E-state index contributed by atoms with van der Waals surface area (Å²) in [6.07, 6.45) is 1.32. The van der Waals surface area contributed by atoms with Gasteiger partial charge in [0.25, 0.3) is 11.8 Å². The molecule has 2 N–H and O–H groups in total. The van der Waals surface area contributed by atoms with E-state index in [1.807, 2.05) is 0 Å². The lowest BCUT2D eigenvalue weighted by Gasteiger charge is -2.14. The van der Waals surface area contributed by atoms with Crippen molar-refractivity contribution in [1.29, 1.82) is 0 Å². The summed E-state index contributed by atoms with van der Waals surface area (Å²) in [5, 5.41) is 7.06. The Kier molecular flexibility index (Phi) is 8.11. The Hall–Kier alpha value is -2.97. The first kappa shape index (κ1) is 22.3. The molecule has 0 atom stereocenters. The molecule has 0 saturated carbocycles. The fourth-order valence-electron chi connectivity index (χ4n) is 2.32. The van der Waals surface area contributed by atoms with Gasteiger partial charge in [0.15, 0.2) is 11.5 Å². The van der Waals surface area contributed by atoms with E-state index in [2.05, 4.69) is 15.8 Å². The maximum atomic E-state index is 12.4. The van der Waals surface area contributed by atoms with Crippen molar-refractivity contribution in [2.75, 3.05) is 27.9 Å². The third-order valence-electron chi connectivity index (χ3n) is 3.72. The van der Waals surface area contributed by atoms with E-state index in [4.69, 9.17) is 37.4 Å². The lowest BCUT2D eigenvalue weighted by atomic mass is 10.1. The Balaban J connectivity index is 1.98. The molecule has 29 heavy (non-hydrogen) atoms. The predicted octanol–water partition coefficient (Wildman–Crippen LogP) is 2.90. The molecule has 2 amide bonds. The van der Waals surface area contributed by atoms with Crippen molar-refractivity contribution < 1.29 is 23.8 Å². The van der Waals surface area contributed by atoms with Gasteiger partial charge in [0.05, 0.1) is 44.1 Å². The van der Waals surface area contributed by atoms with Crippen molar-refractivity contribution in [2.45, 2.75) is 0 Å². The average Bonchev–Trinajstić information content (AvgIpc) is 2.72. The number of nitrogens with zero attached hydrogens (tertiary/aromatic N) is 1. The van der Waals surface area contributed by atoms with Crippen LogP contribution in [0.2, 0.25) is 10.0 Å². The van der Waals surface area contributed by atoms with Crippen LogP contribution in [0.3, 0.4) is 0 Å². The summed E-state index contributed by atoms with van der Waals surface area (Å²) < 4.78 is 15.6. The highest BCUT2D eigenvalue weighted by Gasteiger charge is 2.17. The van der Waals surface area contributed by atoms with Gasteiger partial charge in [0.1, 0.15) is 0 Å². The van der Waals surface area contributed by atoms with E-state index in [1.165, 1.54) is 39.7 Å². The minimum Gasteiger partial charge on any atom is -0.493 e. The summed E-state index contributed by atoms with van der Waals surface area (Å²) in [6.45, 7) is -0.302. The molecule has 0 aliphatic rings. The Morgan fingerprint density at radius 3 is 2.14 bits per heavy atom. The number of carbonyl (C=O) groups is 2. The van der Waals surface area contributed by atoms with Gasteiger partial charge in [0, 0.05) is 11.1 Å². The highest BCUT2D eigenvalue weighted by Crippen LogP contribution is 2.38. The van der Waals surface area contributed by atoms with E-state index in [-0.39, 0.29) is 12.1 Å². The Morgan fingerprint density at radius 2 is 1.62 bits per heavy atom. The first-order valence-electron chi connectivity index (χ1n) is 8.25. The molecule has 10 heteroatoms. The van der Waals surface area contributed by atoms with Crippen LogP contribution >= 0.6 is 23.2 Å². The van der Waals surface area contributed by atoms with Crippen molar-refractivity contribution in [3.8, 4) is 17.2 Å². The van der Waals surface area contributed by atoms with Crippen LogP contribution in [-0.4, -0.2) is 45.9 Å². The number of hydrazone groups is 1. The standard InChI is InChI=1S/C19H19Cl2N3O5/c1-27-15-7-11(8-16(28-2)18(15)29-3)19(26)22-10-17(25)24-23-9-12-13(20)5-4-6-14(12)21/h4-9H,10H2,1-3H3,(H,22,26)(H,24,25)/b23-9+. The molecule has 2 rings (SSSR count). The third-order valence-corrected chi connectivity index (χ3v) is 4.38. The van der Waals surface area contributed by atoms with Crippen LogP contribution < -0.4 is 25.0 Å². The van der Waals surface area contributed by atoms with Gasteiger partial charge in [-0.2, -0.15) is 5.10 Å². The molecule has 0 aliphatic carbocycles. The number of hydrogen-bond acceptors (Lipinski definition) is 6. The van der Waals surface area contributed by atoms with Crippen LogP contribution in [0.1, 0.15) is 15.9 Å². The number of methoxy groups -OCH3 is 3. The highest BCUT2D eigenvalue weighted by molar-refractivity contribution is 6.38. The molecule has 0 fully saturated rings. The van der Waals surface area contributed by atoms with Gasteiger partial charge in [-0.3, -0.25) is 9.59 Å². The van der Waals surface area contributed by atoms with Crippen LogP contribution in [0.4, 0.5) is 0 Å². The molecule has 0 saturated heterocycles. The van der Waals surface area contributed by atoms with Gasteiger partial charge < -0.3 is 19.5 Å². The van der Waals surface area contributed by atoms with Gasteiger partial charge in [-0.1, -0.05) is 29.3 Å². The second-order valence-electron chi connectivity index (χ2n) is 5.53. The normalized spacial score (nSPS) is 10.5. The number of ether oxygens (including phenoxy) is 3. The van der Waals surface area contributed by atoms with E-state index in [0.717, 1.165) is 0 Å². The number of rotatable bonds is 8. The van der Waals surface area contributed by atoms with E-state index in [0.29, 0.717) is 32.9 Å². The second-order valence-corrected chi connectivity index (χ2v) is 6.34. The minimum absolute atomic E-state index is 0.235. The fourth-order valence-corrected chi connectivity index (χ4v) is 2.81. The second kappa shape index (κ2) is 10.5. The molecule has 8 nitrogen and oxygen atoms in total. The molecule has 0 unspecified atom stereocenters. The number of halogens is 2. The van der Waals surface area contributed by atoms with Gasteiger partial charge in [0.2, 0.25) is 5.75 Å². The lowest BCUT2D eigenvalue weighted by Crippen LogP contribution is -2.35. The van der Waals surface area contributed by atoms with Crippen molar-refractivity contribution in [3.63, 3.8) is 0 Å². The quantitative estimate of drug-likeness (QED) is 0.486. The van der Waals surface area contributed by atoms with Crippen molar-refractivity contribution >= 4 is 41.2 Å². The topological polar surface area (TPSA) is 98.2 Å². The summed E-state index contributed by atoms with van der Waals surface area (Å²) in [4.78, 5) is 24.3. The van der Waals surface area contributed by atoms with E-state index >= 15 is 0 Å². The van der Waals surface area contributed by atoms with E-state index < -0.39 is 11.8 Å². The van der Waals surface area contributed by atoms with Crippen LogP contribution in [-0.2, 0) is 4.79 Å². The van der Waals surface area contributed by atoms with Crippen LogP contribution in [0, 0.1) is 0 Å². The monoisotopic (exact) mass is 439 g/mol. The number of carbonyl (C=O) groups excluding carboxylic acids is 2. The zero-order valence-electron chi connectivity index (χ0n) is 15.9. The molecule has 0 bridgehead atoms. The number of benzene rings is 2. The molecule has 2 aromatic rings. The fraction of sp³-hybridized carbons (Fsp3) is 0.211. The van der Waals surface area contributed by atoms with Crippen molar-refractivity contribution in [3.05, 3.63) is 51.5 Å². The number of amides is 2. The largest absolute Gasteiger partial charge is 0.493 e. The summed E-state index contributed by atoms with van der Waals surface area (Å²) in [7, 11) is 4.34. The maximum absolute atomic E-state index is 12.4. The summed E-state index contributed by atoms with van der Waals surface area (Å²) in [6, 6.07) is 7.94. The predicted molar refractivity (Wildman–Crippen MR) is 111 cm³/mol. The zero-order chi connectivity index (χ0) is 21.4. The van der Waals surface area contributed by atoms with E-state index in [9.17, 15) is 9.59 Å². The van der Waals surface area contributed by atoms with Crippen LogP contribution in [0.15, 0.2) is 35.4 Å². The molecule has 2 aromatic carbocycles. The molecule has 0 radical (unpaired) electrons. The summed E-state index contributed by atoms with van der Waals surface area (Å²) >= 11 is 12.0. The molecule has 154 valence electrons. The highest BCUT2D eigenvalue weighted by atomic mass is 35.5. The average molecular weight is 440 g/mol. The zero-order valence-corrected chi connectivity index (χ0v) is 17.4. The van der Waals surface area contributed by atoms with Gasteiger partial charge >= 0.3 is 0 Å². The van der Waals surface area contributed by atoms with Gasteiger partial charge in [-0.05, 0) is 24.3 Å². The number of nitrogens with one attached hydrogen (secondary N) is 2. The minimum atomic E-state index is -0.537. The van der Waals surface area contributed by atoms with Gasteiger partial charge in [-0.25, -0.2) is 5.43 Å². The van der Waals surface area contributed by atoms with Gasteiger partial charge in [-0.15, -0.1) is 0 Å². The molecular formula is C19H19Cl2N3O5. The molecule has 0 heterocycles. The molecule has 0 spiro atoms. The molecule has 0 aromatic heterocycles. The summed E-state index contributed by atoms with van der Waals surface area (Å²) in [5.74, 6) is -0.0371. The van der Waals surface area contributed by atoms with Crippen LogP contribution in [0.25, 0.3) is 0 Å². The van der Waals surface area contributed by atoms with Crippen molar-refractivity contribution in [2.24, 2.45) is 5.10 Å². The Bertz CT molecular complexity index is 889. The van der Waals surface area contributed by atoms with Crippen LogP contribution in [0.5, 0.6) is 17.2 Å². The Labute approximate surface area is 177 Å². The first-order chi connectivity index (χ1) is 13.9. The smallest absolute Gasteiger partial charge is 0.259 e. The van der Waals surface area contributed by atoms with E-state index in [1.54, 1.807) is 18.2 Å². The SMILES string of the molecule is COc1cc(C(=O)NCC(=O)N/N=C/c2c(Cl)cccc2Cl)cc(OC)c1OC. The molecular weight excluding hydrogens is 421 g/mol. The number of hydrogen-bond donors (Lipinski definition) is 2. The Morgan fingerprint density at radius 1 is 1.03 bits per heavy atom. The maximum Gasteiger partial charge on any atom is 0.259 e. The first-order valence-corrected chi connectivity index (χ1v) is 9.01.